The molecule has 0 fully saturated rings. The Morgan fingerprint density at radius 3 is 2.88 bits per heavy atom. The van der Waals surface area contributed by atoms with Crippen molar-refractivity contribution < 1.29 is 14.0 Å². The van der Waals surface area contributed by atoms with E-state index in [1.165, 1.54) is 30.6 Å². The summed E-state index contributed by atoms with van der Waals surface area (Å²) in [5, 5.41) is 9.84. The Kier molecular flexibility index (Phi) is 4.00. The van der Waals surface area contributed by atoms with Gasteiger partial charge in [-0.25, -0.2) is 9.07 Å². The van der Waals surface area contributed by atoms with E-state index in [0.29, 0.717) is 5.69 Å². The fourth-order valence-corrected chi connectivity index (χ4v) is 2.13. The lowest BCUT2D eigenvalue weighted by Gasteiger charge is -2.02. The fourth-order valence-electron chi connectivity index (χ4n) is 1.96. The van der Waals surface area contributed by atoms with E-state index in [1.807, 2.05) is 0 Å². The minimum atomic E-state index is -0.673. The monoisotopic (exact) mass is 348 g/mol. The smallest absolute Gasteiger partial charge is 0.277 e. The molecule has 0 aliphatic heterocycles. The fraction of sp³-hybridized carbons (Fsp3) is 0. The van der Waals surface area contributed by atoms with Gasteiger partial charge in [-0.1, -0.05) is 22.9 Å². The number of benzene rings is 1. The van der Waals surface area contributed by atoms with Gasteiger partial charge in [-0.2, -0.15) is 0 Å². The number of aromatic nitrogens is 4. The highest BCUT2D eigenvalue weighted by atomic mass is 35.5. The van der Waals surface area contributed by atoms with E-state index in [4.69, 9.17) is 17.3 Å². The Bertz CT molecular complexity index is 935. The van der Waals surface area contributed by atoms with Crippen molar-refractivity contribution in [2.45, 2.75) is 0 Å². The number of nitrogens with zero attached hydrogens (tertiary/aromatic N) is 3. The first-order valence-electron chi connectivity index (χ1n) is 6.62. The number of carbonyl (C=O) groups is 2. The molecule has 24 heavy (non-hydrogen) atoms. The average molecular weight is 349 g/mol. The number of halogens is 2. The molecule has 2 amide bonds. The Hall–Kier alpha value is -3.20. The first-order chi connectivity index (χ1) is 11.5. The van der Waals surface area contributed by atoms with Crippen molar-refractivity contribution in [3.63, 3.8) is 0 Å². The van der Waals surface area contributed by atoms with Crippen LogP contribution in [-0.4, -0.2) is 31.8 Å². The molecule has 10 heteroatoms. The van der Waals surface area contributed by atoms with Crippen LogP contribution < -0.4 is 11.1 Å². The molecule has 0 radical (unpaired) electrons. The molecule has 8 nitrogen and oxygen atoms in total. The van der Waals surface area contributed by atoms with Crippen LogP contribution in [0.4, 0.5) is 10.1 Å². The van der Waals surface area contributed by atoms with Crippen LogP contribution >= 0.6 is 11.6 Å². The van der Waals surface area contributed by atoms with Gasteiger partial charge in [0.05, 0.1) is 16.9 Å². The molecule has 0 saturated heterocycles. The molecule has 2 heterocycles. The summed E-state index contributed by atoms with van der Waals surface area (Å²) in [4.78, 5) is 25.7. The number of aromatic amines is 1. The van der Waals surface area contributed by atoms with Crippen LogP contribution in [0.3, 0.4) is 0 Å². The number of nitrogens with one attached hydrogen (secondary N) is 2. The maximum Gasteiger partial charge on any atom is 0.277 e. The van der Waals surface area contributed by atoms with Crippen LogP contribution in [0.25, 0.3) is 5.69 Å². The quantitative estimate of drug-likeness (QED) is 0.665. The van der Waals surface area contributed by atoms with Crippen LogP contribution in [-0.2, 0) is 0 Å². The van der Waals surface area contributed by atoms with Crippen molar-refractivity contribution in [3.05, 3.63) is 58.9 Å². The number of rotatable bonds is 4. The molecule has 3 rings (SSSR count). The second-order valence-electron chi connectivity index (χ2n) is 4.74. The SMILES string of the molecule is NC(=O)c1cc(NC(=O)c2cn(-c3cccc(Cl)c3F)nn2)c[nH]1. The zero-order chi connectivity index (χ0) is 17.3. The summed E-state index contributed by atoms with van der Waals surface area (Å²) in [7, 11) is 0. The molecule has 122 valence electrons. The van der Waals surface area contributed by atoms with Crippen LogP contribution in [0.1, 0.15) is 21.0 Å². The van der Waals surface area contributed by atoms with Gasteiger partial charge < -0.3 is 16.0 Å². The van der Waals surface area contributed by atoms with Crippen molar-refractivity contribution in [2.75, 3.05) is 5.32 Å². The Morgan fingerprint density at radius 1 is 1.38 bits per heavy atom. The first kappa shape index (κ1) is 15.7. The van der Waals surface area contributed by atoms with Gasteiger partial charge in [0.25, 0.3) is 11.8 Å². The molecule has 0 unspecified atom stereocenters. The Balaban J connectivity index is 1.80. The van der Waals surface area contributed by atoms with Crippen LogP contribution in [0.5, 0.6) is 0 Å². The summed E-state index contributed by atoms with van der Waals surface area (Å²) in [6, 6.07) is 5.77. The molecule has 0 spiro atoms. The third-order valence-electron chi connectivity index (χ3n) is 3.11. The normalized spacial score (nSPS) is 10.6. The molecule has 2 aromatic heterocycles. The number of hydrogen-bond acceptors (Lipinski definition) is 4. The third kappa shape index (κ3) is 2.97. The lowest BCUT2D eigenvalue weighted by molar-refractivity contribution is 0.0992. The highest BCUT2D eigenvalue weighted by Crippen LogP contribution is 2.20. The summed E-state index contributed by atoms with van der Waals surface area (Å²) in [6.07, 6.45) is 2.66. The van der Waals surface area contributed by atoms with E-state index in [9.17, 15) is 14.0 Å². The Labute approximate surface area is 139 Å². The molecule has 1 aromatic carbocycles. The predicted molar refractivity (Wildman–Crippen MR) is 83.6 cm³/mol. The van der Waals surface area contributed by atoms with E-state index < -0.39 is 17.6 Å². The van der Waals surface area contributed by atoms with E-state index in [1.54, 1.807) is 6.07 Å². The van der Waals surface area contributed by atoms with E-state index >= 15 is 0 Å². The van der Waals surface area contributed by atoms with Crippen molar-refractivity contribution in [2.24, 2.45) is 5.73 Å². The molecule has 0 saturated carbocycles. The molecular formula is C14H10ClFN6O2. The van der Waals surface area contributed by atoms with Gasteiger partial charge in [-0.3, -0.25) is 9.59 Å². The molecule has 0 aliphatic rings. The third-order valence-corrected chi connectivity index (χ3v) is 3.40. The summed E-state index contributed by atoms with van der Waals surface area (Å²) in [5.41, 5.74) is 5.60. The summed E-state index contributed by atoms with van der Waals surface area (Å²) >= 11 is 5.71. The van der Waals surface area contributed by atoms with Gasteiger partial charge in [-0.05, 0) is 18.2 Å². The number of nitrogens with two attached hydrogens (primary N) is 1. The summed E-state index contributed by atoms with van der Waals surface area (Å²) in [6.45, 7) is 0. The van der Waals surface area contributed by atoms with Crippen LogP contribution in [0, 0.1) is 5.82 Å². The number of hydrogen-bond donors (Lipinski definition) is 3. The second kappa shape index (κ2) is 6.13. The number of H-pyrrole nitrogens is 1. The van der Waals surface area contributed by atoms with E-state index in [0.717, 1.165) is 4.68 Å². The second-order valence-corrected chi connectivity index (χ2v) is 5.15. The van der Waals surface area contributed by atoms with Gasteiger partial charge in [0.2, 0.25) is 0 Å². The van der Waals surface area contributed by atoms with Crippen LogP contribution in [0.2, 0.25) is 5.02 Å². The van der Waals surface area contributed by atoms with Gasteiger partial charge in [0.1, 0.15) is 11.4 Å². The van der Waals surface area contributed by atoms with E-state index in [2.05, 4.69) is 20.6 Å². The van der Waals surface area contributed by atoms with Gasteiger partial charge >= 0.3 is 0 Å². The molecule has 0 atom stereocenters. The van der Waals surface area contributed by atoms with Crippen LogP contribution in [0.15, 0.2) is 36.7 Å². The molecule has 4 N–H and O–H groups in total. The number of carbonyl (C=O) groups excluding carboxylic acids is 2. The highest BCUT2D eigenvalue weighted by Gasteiger charge is 2.15. The van der Waals surface area contributed by atoms with Gasteiger partial charge in [-0.15, -0.1) is 5.10 Å². The minimum absolute atomic E-state index is 0.0452. The Morgan fingerprint density at radius 2 is 2.17 bits per heavy atom. The minimum Gasteiger partial charge on any atom is -0.364 e. The molecule has 0 aliphatic carbocycles. The first-order valence-corrected chi connectivity index (χ1v) is 7.00. The summed E-state index contributed by atoms with van der Waals surface area (Å²) < 4.78 is 15.1. The zero-order valence-corrected chi connectivity index (χ0v) is 12.7. The zero-order valence-electron chi connectivity index (χ0n) is 12.0. The van der Waals surface area contributed by atoms with Crippen molar-refractivity contribution in [1.82, 2.24) is 20.0 Å². The molecule has 3 aromatic rings. The number of amides is 2. The summed E-state index contributed by atoms with van der Waals surface area (Å²) in [5.74, 6) is -1.91. The molecular weight excluding hydrogens is 339 g/mol. The number of primary amides is 1. The lowest BCUT2D eigenvalue weighted by Crippen LogP contribution is -2.12. The van der Waals surface area contributed by atoms with Crippen molar-refractivity contribution in [3.8, 4) is 5.69 Å². The topological polar surface area (TPSA) is 119 Å². The number of anilines is 1. The molecule has 0 bridgehead atoms. The van der Waals surface area contributed by atoms with Gasteiger partial charge in [0, 0.05) is 6.20 Å². The largest absolute Gasteiger partial charge is 0.364 e. The van der Waals surface area contributed by atoms with Gasteiger partial charge in [0.15, 0.2) is 11.5 Å². The predicted octanol–water partition coefficient (Wildman–Crippen LogP) is 1.74. The van der Waals surface area contributed by atoms with Crippen molar-refractivity contribution in [1.29, 1.82) is 0 Å². The standard InChI is InChI=1S/C14H10ClFN6O2/c15-8-2-1-3-11(12(8)16)22-6-10(20-21-22)14(24)19-7-4-9(13(17)23)18-5-7/h1-6,18H,(H2,17,23)(H,19,24). The maximum atomic E-state index is 14.0. The van der Waals surface area contributed by atoms with E-state index in [-0.39, 0.29) is 22.1 Å². The lowest BCUT2D eigenvalue weighted by atomic mass is 10.3. The van der Waals surface area contributed by atoms with Crippen molar-refractivity contribution >= 4 is 29.1 Å². The average Bonchev–Trinajstić information content (AvgIpc) is 3.19. The highest BCUT2D eigenvalue weighted by molar-refractivity contribution is 6.30. The maximum absolute atomic E-state index is 14.0.